The molecule has 0 saturated heterocycles. The average molecular weight is 246 g/mol. The molecule has 94 valence electrons. The first-order valence-corrected chi connectivity index (χ1v) is 4.83. The highest BCUT2D eigenvalue weighted by molar-refractivity contribution is 5.62. The van der Waals surface area contributed by atoms with E-state index in [0.29, 0.717) is 5.56 Å². The zero-order valence-corrected chi connectivity index (χ0v) is 9.11. The van der Waals surface area contributed by atoms with E-state index in [9.17, 15) is 18.9 Å². The lowest BCUT2D eigenvalue weighted by Crippen LogP contribution is -2.31. The van der Waals surface area contributed by atoms with Gasteiger partial charge in [0.25, 0.3) is 11.6 Å². The third-order valence-electron chi connectivity index (χ3n) is 2.12. The van der Waals surface area contributed by atoms with Crippen molar-refractivity contribution >= 4 is 11.4 Å². The zero-order chi connectivity index (χ0) is 13.1. The van der Waals surface area contributed by atoms with Gasteiger partial charge in [0.15, 0.2) is 0 Å². The van der Waals surface area contributed by atoms with E-state index in [1.807, 2.05) is 0 Å². The third kappa shape index (κ3) is 3.63. The first-order chi connectivity index (χ1) is 7.85. The van der Waals surface area contributed by atoms with Crippen LogP contribution in [0.5, 0.6) is 0 Å². The van der Waals surface area contributed by atoms with Gasteiger partial charge in [-0.1, -0.05) is 6.07 Å². The maximum absolute atomic E-state index is 12.8. The summed E-state index contributed by atoms with van der Waals surface area (Å²) in [7, 11) is 0. The SMILES string of the molecule is Cc1ccc(NCC(F)(F)CO)c([N+](=O)[O-])c1. The molecule has 1 aromatic carbocycles. The van der Waals surface area contributed by atoms with Gasteiger partial charge in [-0.2, -0.15) is 0 Å². The number of nitro groups is 1. The summed E-state index contributed by atoms with van der Waals surface area (Å²) in [5.41, 5.74) is 0.406. The van der Waals surface area contributed by atoms with Gasteiger partial charge in [0, 0.05) is 6.07 Å². The van der Waals surface area contributed by atoms with Crippen LogP contribution in [-0.4, -0.2) is 29.1 Å². The number of hydrogen-bond donors (Lipinski definition) is 2. The average Bonchev–Trinajstić information content (AvgIpc) is 2.27. The molecular formula is C10H12F2N2O3. The number of nitrogens with zero attached hydrogens (tertiary/aromatic N) is 1. The number of anilines is 1. The van der Waals surface area contributed by atoms with E-state index in [1.54, 1.807) is 13.0 Å². The Morgan fingerprint density at radius 2 is 2.18 bits per heavy atom. The maximum atomic E-state index is 12.8. The van der Waals surface area contributed by atoms with Crippen LogP contribution < -0.4 is 5.32 Å². The molecule has 0 heterocycles. The van der Waals surface area contributed by atoms with Crippen LogP contribution in [-0.2, 0) is 0 Å². The Bertz CT molecular complexity index is 424. The number of aliphatic hydroxyl groups is 1. The Morgan fingerprint density at radius 3 is 2.71 bits per heavy atom. The van der Waals surface area contributed by atoms with Crippen molar-refractivity contribution in [3.8, 4) is 0 Å². The molecule has 0 fully saturated rings. The summed E-state index contributed by atoms with van der Waals surface area (Å²) < 4.78 is 25.5. The van der Waals surface area contributed by atoms with Gasteiger partial charge < -0.3 is 10.4 Å². The second kappa shape index (κ2) is 5.05. The minimum Gasteiger partial charge on any atom is -0.390 e. The highest BCUT2D eigenvalue weighted by Crippen LogP contribution is 2.26. The van der Waals surface area contributed by atoms with E-state index >= 15 is 0 Å². The molecule has 0 aromatic heterocycles. The molecule has 0 aliphatic carbocycles. The molecule has 0 saturated carbocycles. The molecule has 0 unspecified atom stereocenters. The van der Waals surface area contributed by atoms with E-state index in [-0.39, 0.29) is 11.4 Å². The normalized spacial score (nSPS) is 11.3. The van der Waals surface area contributed by atoms with Gasteiger partial charge >= 0.3 is 0 Å². The van der Waals surface area contributed by atoms with Crippen molar-refractivity contribution < 1.29 is 18.8 Å². The van der Waals surface area contributed by atoms with Crippen molar-refractivity contribution in [3.63, 3.8) is 0 Å². The number of nitro benzene ring substituents is 1. The summed E-state index contributed by atoms with van der Waals surface area (Å²) in [4.78, 5) is 10.1. The largest absolute Gasteiger partial charge is 0.390 e. The summed E-state index contributed by atoms with van der Waals surface area (Å²) in [6.45, 7) is -0.494. The quantitative estimate of drug-likeness (QED) is 0.615. The number of aliphatic hydroxyl groups excluding tert-OH is 1. The molecule has 5 nitrogen and oxygen atoms in total. The first kappa shape index (κ1) is 13.3. The molecule has 0 spiro atoms. The monoisotopic (exact) mass is 246 g/mol. The fourth-order valence-corrected chi connectivity index (χ4v) is 1.22. The van der Waals surface area contributed by atoms with Gasteiger partial charge in [-0.05, 0) is 18.6 Å². The predicted molar refractivity (Wildman–Crippen MR) is 58.4 cm³/mol. The molecule has 7 heteroatoms. The number of benzene rings is 1. The first-order valence-electron chi connectivity index (χ1n) is 4.83. The number of aryl methyl sites for hydroxylation is 1. The lowest BCUT2D eigenvalue weighted by atomic mass is 10.2. The van der Waals surface area contributed by atoms with Crippen LogP contribution in [0.2, 0.25) is 0 Å². The summed E-state index contributed by atoms with van der Waals surface area (Å²) in [6.07, 6.45) is 0. The van der Waals surface area contributed by atoms with Crippen LogP contribution >= 0.6 is 0 Å². The van der Waals surface area contributed by atoms with Gasteiger partial charge in [0.2, 0.25) is 0 Å². The Labute approximate surface area is 96.2 Å². The molecule has 2 N–H and O–H groups in total. The topological polar surface area (TPSA) is 75.4 Å². The lowest BCUT2D eigenvalue weighted by Gasteiger charge is -2.14. The number of alkyl halides is 2. The van der Waals surface area contributed by atoms with Crippen molar-refractivity contribution in [2.75, 3.05) is 18.5 Å². The minimum atomic E-state index is -3.31. The van der Waals surface area contributed by atoms with Crippen molar-refractivity contribution in [1.82, 2.24) is 0 Å². The van der Waals surface area contributed by atoms with Crippen LogP contribution in [0.4, 0.5) is 20.2 Å². The summed E-state index contributed by atoms with van der Waals surface area (Å²) >= 11 is 0. The second-order valence-electron chi connectivity index (χ2n) is 3.65. The number of rotatable bonds is 5. The highest BCUT2D eigenvalue weighted by Gasteiger charge is 2.28. The molecule has 17 heavy (non-hydrogen) atoms. The number of halogens is 2. The van der Waals surface area contributed by atoms with E-state index in [0.717, 1.165) is 0 Å². The van der Waals surface area contributed by atoms with Crippen LogP contribution in [0.3, 0.4) is 0 Å². The molecule has 0 amide bonds. The Hall–Kier alpha value is -1.76. The molecule has 0 radical (unpaired) electrons. The zero-order valence-electron chi connectivity index (χ0n) is 9.11. The van der Waals surface area contributed by atoms with Gasteiger partial charge in [0.05, 0.1) is 11.5 Å². The van der Waals surface area contributed by atoms with Gasteiger partial charge in [-0.15, -0.1) is 0 Å². The van der Waals surface area contributed by atoms with Crippen molar-refractivity contribution in [2.45, 2.75) is 12.8 Å². The third-order valence-corrected chi connectivity index (χ3v) is 2.12. The maximum Gasteiger partial charge on any atom is 0.292 e. The molecule has 1 rings (SSSR count). The van der Waals surface area contributed by atoms with E-state index in [4.69, 9.17) is 5.11 Å². The lowest BCUT2D eigenvalue weighted by molar-refractivity contribution is -0.384. The Balaban J connectivity index is 2.88. The standard InChI is InChI=1S/C10H12F2N2O3/c1-7-2-3-8(9(4-7)14(16)17)13-5-10(11,12)6-15/h2-4,13,15H,5-6H2,1H3. The van der Waals surface area contributed by atoms with Gasteiger partial charge in [0.1, 0.15) is 12.3 Å². The Morgan fingerprint density at radius 1 is 1.53 bits per heavy atom. The van der Waals surface area contributed by atoms with Crippen LogP contribution in [0.1, 0.15) is 5.56 Å². The molecular weight excluding hydrogens is 234 g/mol. The smallest absolute Gasteiger partial charge is 0.292 e. The van der Waals surface area contributed by atoms with Crippen molar-refractivity contribution in [1.29, 1.82) is 0 Å². The molecule has 1 aromatic rings. The van der Waals surface area contributed by atoms with Gasteiger partial charge in [-0.3, -0.25) is 10.1 Å². The molecule has 0 aliphatic heterocycles. The number of hydrogen-bond acceptors (Lipinski definition) is 4. The van der Waals surface area contributed by atoms with Crippen molar-refractivity contribution in [2.24, 2.45) is 0 Å². The predicted octanol–water partition coefficient (Wildman–Crippen LogP) is 1.94. The highest BCUT2D eigenvalue weighted by atomic mass is 19.3. The van der Waals surface area contributed by atoms with E-state index in [2.05, 4.69) is 5.32 Å². The number of nitrogens with one attached hydrogen (secondary N) is 1. The van der Waals surface area contributed by atoms with E-state index < -0.39 is 24.0 Å². The van der Waals surface area contributed by atoms with Crippen LogP contribution in [0.25, 0.3) is 0 Å². The molecule has 0 aliphatic rings. The minimum absolute atomic E-state index is 0.00808. The van der Waals surface area contributed by atoms with Crippen LogP contribution in [0, 0.1) is 17.0 Å². The van der Waals surface area contributed by atoms with E-state index in [1.165, 1.54) is 12.1 Å². The molecule has 0 atom stereocenters. The van der Waals surface area contributed by atoms with Crippen molar-refractivity contribution in [3.05, 3.63) is 33.9 Å². The fraction of sp³-hybridized carbons (Fsp3) is 0.400. The summed E-state index contributed by atoms with van der Waals surface area (Å²) in [6, 6.07) is 4.23. The second-order valence-corrected chi connectivity index (χ2v) is 3.65. The van der Waals surface area contributed by atoms with Crippen LogP contribution in [0.15, 0.2) is 18.2 Å². The fourth-order valence-electron chi connectivity index (χ4n) is 1.22. The molecule has 0 bridgehead atoms. The summed E-state index contributed by atoms with van der Waals surface area (Å²) in [5, 5.41) is 21.3. The van der Waals surface area contributed by atoms with Gasteiger partial charge in [-0.25, -0.2) is 8.78 Å². The Kier molecular flexibility index (Phi) is 3.95. The summed E-state index contributed by atoms with van der Waals surface area (Å²) in [5.74, 6) is -3.31.